The third-order valence-corrected chi connectivity index (χ3v) is 2.24. The van der Waals surface area contributed by atoms with Crippen LogP contribution in [0, 0.1) is 0 Å². The standard InChI is InChI=1S/C14H20N2O3/c1-14(2,3)19-13(18)16(10-6-7-11-17)12-8-4-5-9-15-12/h4-5,8-9,11H,6-7,10H2,1-3H3. The summed E-state index contributed by atoms with van der Waals surface area (Å²) in [6.45, 7) is 5.84. The summed E-state index contributed by atoms with van der Waals surface area (Å²) in [5.41, 5.74) is -0.561. The summed E-state index contributed by atoms with van der Waals surface area (Å²) in [5.74, 6) is 0.530. The Kier molecular flexibility index (Phi) is 5.48. The van der Waals surface area contributed by atoms with Crippen LogP contribution in [0.4, 0.5) is 10.6 Å². The van der Waals surface area contributed by atoms with Gasteiger partial charge in [0.15, 0.2) is 0 Å². The minimum atomic E-state index is -0.561. The second-order valence-corrected chi connectivity index (χ2v) is 5.13. The molecule has 1 aromatic rings. The van der Waals surface area contributed by atoms with Crippen LogP contribution in [0.3, 0.4) is 0 Å². The van der Waals surface area contributed by atoms with Gasteiger partial charge in [0.05, 0.1) is 0 Å². The zero-order valence-corrected chi connectivity index (χ0v) is 11.6. The van der Waals surface area contributed by atoms with Gasteiger partial charge in [0.2, 0.25) is 0 Å². The van der Waals surface area contributed by atoms with E-state index in [0.717, 1.165) is 6.29 Å². The molecule has 0 atom stereocenters. The second-order valence-electron chi connectivity index (χ2n) is 5.13. The fourth-order valence-electron chi connectivity index (χ4n) is 1.46. The molecule has 0 unspecified atom stereocenters. The van der Waals surface area contributed by atoms with Gasteiger partial charge in [0, 0.05) is 19.2 Å². The molecular formula is C14H20N2O3. The summed E-state index contributed by atoms with van der Waals surface area (Å²) in [7, 11) is 0. The van der Waals surface area contributed by atoms with Crippen LogP contribution in [-0.2, 0) is 9.53 Å². The molecule has 1 amide bonds. The molecule has 0 spiro atoms. The first-order valence-electron chi connectivity index (χ1n) is 6.29. The van der Waals surface area contributed by atoms with Crippen molar-refractivity contribution in [2.45, 2.75) is 39.2 Å². The van der Waals surface area contributed by atoms with Crippen LogP contribution in [0.1, 0.15) is 33.6 Å². The Hall–Kier alpha value is -1.91. The molecule has 5 heteroatoms. The number of unbranched alkanes of at least 4 members (excludes halogenated alkanes) is 1. The molecule has 19 heavy (non-hydrogen) atoms. The number of amides is 1. The van der Waals surface area contributed by atoms with E-state index in [4.69, 9.17) is 4.74 Å². The Morgan fingerprint density at radius 1 is 1.42 bits per heavy atom. The molecule has 5 nitrogen and oxygen atoms in total. The number of carbonyl (C=O) groups excluding carboxylic acids is 2. The van der Waals surface area contributed by atoms with E-state index < -0.39 is 11.7 Å². The van der Waals surface area contributed by atoms with Crippen molar-refractivity contribution in [3.63, 3.8) is 0 Å². The zero-order valence-electron chi connectivity index (χ0n) is 11.6. The normalized spacial score (nSPS) is 10.9. The second kappa shape index (κ2) is 6.87. The Balaban J connectivity index is 2.80. The molecule has 0 aliphatic rings. The van der Waals surface area contributed by atoms with Crippen molar-refractivity contribution >= 4 is 18.2 Å². The van der Waals surface area contributed by atoms with Crippen molar-refractivity contribution in [1.82, 2.24) is 4.98 Å². The van der Waals surface area contributed by atoms with Crippen LogP contribution >= 0.6 is 0 Å². The molecule has 1 rings (SSSR count). The zero-order chi connectivity index (χ0) is 14.3. The van der Waals surface area contributed by atoms with E-state index in [-0.39, 0.29) is 0 Å². The van der Waals surface area contributed by atoms with E-state index in [2.05, 4.69) is 4.98 Å². The van der Waals surface area contributed by atoms with Crippen LogP contribution in [0.5, 0.6) is 0 Å². The number of hydrogen-bond donors (Lipinski definition) is 0. The molecular weight excluding hydrogens is 244 g/mol. The number of ether oxygens (including phenoxy) is 1. The van der Waals surface area contributed by atoms with Crippen LogP contribution in [0.15, 0.2) is 24.4 Å². The van der Waals surface area contributed by atoms with E-state index in [1.807, 2.05) is 20.8 Å². The largest absolute Gasteiger partial charge is 0.443 e. The monoisotopic (exact) mass is 264 g/mol. The molecule has 1 heterocycles. The van der Waals surface area contributed by atoms with Gasteiger partial charge in [0.25, 0.3) is 0 Å². The van der Waals surface area contributed by atoms with Crippen molar-refractivity contribution in [1.29, 1.82) is 0 Å². The summed E-state index contributed by atoms with van der Waals surface area (Å²) >= 11 is 0. The topological polar surface area (TPSA) is 59.5 Å². The van der Waals surface area contributed by atoms with E-state index in [0.29, 0.717) is 25.2 Å². The maximum atomic E-state index is 12.1. The Bertz CT molecular complexity index is 412. The first kappa shape index (κ1) is 15.1. The summed E-state index contributed by atoms with van der Waals surface area (Å²) < 4.78 is 5.34. The lowest BCUT2D eigenvalue weighted by Crippen LogP contribution is -2.38. The van der Waals surface area contributed by atoms with Gasteiger partial charge in [-0.3, -0.25) is 4.90 Å². The third-order valence-electron chi connectivity index (χ3n) is 2.24. The number of hydrogen-bond acceptors (Lipinski definition) is 4. The number of aromatic nitrogens is 1. The highest BCUT2D eigenvalue weighted by molar-refractivity contribution is 5.86. The molecule has 0 radical (unpaired) electrons. The number of nitrogens with zero attached hydrogens (tertiary/aromatic N) is 2. The van der Waals surface area contributed by atoms with Gasteiger partial charge in [-0.05, 0) is 39.3 Å². The fourth-order valence-corrected chi connectivity index (χ4v) is 1.46. The van der Waals surface area contributed by atoms with Crippen molar-refractivity contribution < 1.29 is 14.3 Å². The van der Waals surface area contributed by atoms with Gasteiger partial charge in [-0.15, -0.1) is 0 Å². The van der Waals surface area contributed by atoms with Crippen LogP contribution in [-0.4, -0.2) is 29.5 Å². The Morgan fingerprint density at radius 3 is 2.68 bits per heavy atom. The molecule has 0 N–H and O–H groups in total. The number of aldehydes is 1. The predicted molar refractivity (Wildman–Crippen MR) is 73.1 cm³/mol. The first-order chi connectivity index (χ1) is 8.94. The number of carbonyl (C=O) groups is 2. The van der Waals surface area contributed by atoms with Crippen molar-refractivity contribution in [3.05, 3.63) is 24.4 Å². The van der Waals surface area contributed by atoms with Crippen LogP contribution in [0.25, 0.3) is 0 Å². The lowest BCUT2D eigenvalue weighted by molar-refractivity contribution is -0.107. The van der Waals surface area contributed by atoms with E-state index >= 15 is 0 Å². The van der Waals surface area contributed by atoms with E-state index in [1.165, 1.54) is 4.90 Å². The summed E-state index contributed by atoms with van der Waals surface area (Å²) in [5, 5.41) is 0. The summed E-state index contributed by atoms with van der Waals surface area (Å²) in [6, 6.07) is 5.33. The summed E-state index contributed by atoms with van der Waals surface area (Å²) in [4.78, 5) is 28.1. The average molecular weight is 264 g/mol. The minimum absolute atomic E-state index is 0.407. The van der Waals surface area contributed by atoms with Crippen molar-refractivity contribution in [2.24, 2.45) is 0 Å². The fraction of sp³-hybridized carbons (Fsp3) is 0.500. The molecule has 1 aromatic heterocycles. The average Bonchev–Trinajstić information content (AvgIpc) is 2.33. The highest BCUT2D eigenvalue weighted by atomic mass is 16.6. The highest BCUT2D eigenvalue weighted by Gasteiger charge is 2.23. The van der Waals surface area contributed by atoms with Gasteiger partial charge >= 0.3 is 6.09 Å². The molecule has 0 fully saturated rings. The van der Waals surface area contributed by atoms with Crippen LogP contribution in [0.2, 0.25) is 0 Å². The Morgan fingerprint density at radius 2 is 2.16 bits per heavy atom. The molecule has 0 aliphatic carbocycles. The minimum Gasteiger partial charge on any atom is -0.443 e. The first-order valence-corrected chi connectivity index (χ1v) is 6.29. The van der Waals surface area contributed by atoms with Crippen molar-refractivity contribution in [3.8, 4) is 0 Å². The SMILES string of the molecule is CC(C)(C)OC(=O)N(CCCC=O)c1ccccn1. The molecule has 0 aromatic carbocycles. The van der Waals surface area contributed by atoms with Gasteiger partial charge in [-0.25, -0.2) is 9.78 Å². The maximum Gasteiger partial charge on any atom is 0.416 e. The highest BCUT2D eigenvalue weighted by Crippen LogP contribution is 2.16. The van der Waals surface area contributed by atoms with Crippen molar-refractivity contribution in [2.75, 3.05) is 11.4 Å². The lowest BCUT2D eigenvalue weighted by Gasteiger charge is -2.26. The van der Waals surface area contributed by atoms with Gasteiger partial charge in [0.1, 0.15) is 17.7 Å². The number of pyridine rings is 1. The third kappa shape index (κ3) is 5.50. The van der Waals surface area contributed by atoms with Gasteiger partial charge in [-0.2, -0.15) is 0 Å². The quantitative estimate of drug-likeness (QED) is 0.606. The number of anilines is 1. The van der Waals surface area contributed by atoms with Gasteiger partial charge < -0.3 is 9.53 Å². The Labute approximate surface area is 113 Å². The van der Waals surface area contributed by atoms with Gasteiger partial charge in [-0.1, -0.05) is 6.07 Å². The molecule has 0 aliphatic heterocycles. The van der Waals surface area contributed by atoms with Crippen LogP contribution < -0.4 is 4.90 Å². The number of rotatable bonds is 5. The molecule has 0 saturated carbocycles. The maximum absolute atomic E-state index is 12.1. The summed E-state index contributed by atoms with van der Waals surface area (Å²) in [6.07, 6.45) is 3.00. The molecule has 0 bridgehead atoms. The van der Waals surface area contributed by atoms with E-state index in [9.17, 15) is 9.59 Å². The predicted octanol–water partition coefficient (Wildman–Crippen LogP) is 2.80. The van der Waals surface area contributed by atoms with E-state index in [1.54, 1.807) is 24.4 Å². The molecule has 0 saturated heterocycles. The lowest BCUT2D eigenvalue weighted by atomic mass is 10.2. The smallest absolute Gasteiger partial charge is 0.416 e. The molecule has 104 valence electrons.